The van der Waals surface area contributed by atoms with Gasteiger partial charge in [-0.1, -0.05) is 29.8 Å². The second-order valence-corrected chi connectivity index (χ2v) is 9.31. The first-order valence-corrected chi connectivity index (χ1v) is 11.4. The number of hydrogen-bond donors (Lipinski definition) is 2. The molecule has 0 spiro atoms. The number of rotatable bonds is 4. The molecule has 1 fully saturated rings. The maximum absolute atomic E-state index is 13.7. The fourth-order valence-electron chi connectivity index (χ4n) is 4.90. The minimum Gasteiger partial charge on any atom is -0.481 e. The Morgan fingerprint density at radius 1 is 1.13 bits per heavy atom. The second-order valence-electron chi connectivity index (χ2n) is 8.90. The summed E-state index contributed by atoms with van der Waals surface area (Å²) >= 11 is 6.48. The van der Waals surface area contributed by atoms with Gasteiger partial charge in [-0.3, -0.25) is 9.59 Å². The van der Waals surface area contributed by atoms with E-state index in [9.17, 15) is 19.8 Å². The van der Waals surface area contributed by atoms with Crippen LogP contribution in [0.25, 0.3) is 5.57 Å². The Hall–Kier alpha value is -2.44. The smallest absolute Gasteiger partial charge is 0.306 e. The number of carboxylic acid groups (broad SMARTS) is 1. The fourth-order valence-corrected chi connectivity index (χ4v) is 5.16. The Labute approximate surface area is 185 Å². The second kappa shape index (κ2) is 7.92. The van der Waals surface area contributed by atoms with Gasteiger partial charge in [0.2, 0.25) is 0 Å². The molecule has 6 nitrogen and oxygen atoms in total. The minimum atomic E-state index is -0.771. The molecule has 5 rings (SSSR count). The fraction of sp³-hybridized carbons (Fsp3) is 0.458. The number of nitrogens with zero attached hydrogens (tertiary/aromatic N) is 2. The molecular weight excluding hydrogens is 416 g/mol. The van der Waals surface area contributed by atoms with Crippen LogP contribution in [0.2, 0.25) is 5.02 Å². The molecule has 1 aromatic carbocycles. The Morgan fingerprint density at radius 3 is 2.61 bits per heavy atom. The van der Waals surface area contributed by atoms with E-state index in [0.717, 1.165) is 40.9 Å². The van der Waals surface area contributed by atoms with Crippen molar-refractivity contribution in [2.45, 2.75) is 63.4 Å². The van der Waals surface area contributed by atoms with Crippen LogP contribution < -0.4 is 0 Å². The van der Waals surface area contributed by atoms with Gasteiger partial charge in [-0.05, 0) is 68.1 Å². The average Bonchev–Trinajstić information content (AvgIpc) is 3.54. The first kappa shape index (κ1) is 20.5. The number of aliphatic hydroxyl groups excluding tert-OH is 1. The number of carbonyl (C=O) groups is 2. The SMILES string of the molecule is O=C(O)C1CC=C(c2nn(C(=O)c3c(Cl)cccc3C3CC3)c3c2CC[C@H](O)C3)CC1. The first-order chi connectivity index (χ1) is 14.9. The lowest BCUT2D eigenvalue weighted by Crippen LogP contribution is -2.25. The third kappa shape index (κ3) is 3.72. The summed E-state index contributed by atoms with van der Waals surface area (Å²) in [5.41, 5.74) is 5.01. The molecule has 2 aromatic rings. The van der Waals surface area contributed by atoms with Gasteiger partial charge in [0.25, 0.3) is 5.91 Å². The largest absolute Gasteiger partial charge is 0.481 e. The van der Waals surface area contributed by atoms with Gasteiger partial charge in [0.05, 0.1) is 34.0 Å². The summed E-state index contributed by atoms with van der Waals surface area (Å²) in [5, 5.41) is 24.8. The standard InChI is InChI=1S/C24H25ClN2O4/c25-19-3-1-2-17(13-4-5-13)21(19)23(29)27-20-12-16(28)10-11-18(20)22(26-27)14-6-8-15(9-7-14)24(30)31/h1-3,6,13,15-16,28H,4-5,7-12H2,(H,30,31)/t15?,16-/m0/s1. The highest BCUT2D eigenvalue weighted by Gasteiger charge is 2.34. The van der Waals surface area contributed by atoms with Gasteiger partial charge in [0.15, 0.2) is 0 Å². The summed E-state index contributed by atoms with van der Waals surface area (Å²) in [6.07, 6.45) is 6.87. The number of aliphatic carboxylic acids is 1. The van der Waals surface area contributed by atoms with Crippen LogP contribution in [-0.2, 0) is 17.6 Å². The van der Waals surface area contributed by atoms with Crippen LogP contribution in [0.1, 0.15) is 77.3 Å². The van der Waals surface area contributed by atoms with Gasteiger partial charge < -0.3 is 10.2 Å². The summed E-state index contributed by atoms with van der Waals surface area (Å²) in [5.74, 6) is -1.02. The minimum absolute atomic E-state index is 0.246. The Balaban J connectivity index is 1.58. The molecule has 1 heterocycles. The van der Waals surface area contributed by atoms with Gasteiger partial charge in [-0.2, -0.15) is 9.78 Å². The predicted molar refractivity (Wildman–Crippen MR) is 116 cm³/mol. The van der Waals surface area contributed by atoms with Crippen molar-refractivity contribution < 1.29 is 19.8 Å². The van der Waals surface area contributed by atoms with Crippen molar-refractivity contribution in [3.05, 3.63) is 57.4 Å². The van der Waals surface area contributed by atoms with E-state index < -0.39 is 12.1 Å². The average molecular weight is 441 g/mol. The number of halogens is 1. The Morgan fingerprint density at radius 2 is 1.94 bits per heavy atom. The van der Waals surface area contributed by atoms with Crippen LogP contribution in [0.5, 0.6) is 0 Å². The molecule has 7 heteroatoms. The summed E-state index contributed by atoms with van der Waals surface area (Å²) in [4.78, 5) is 25.0. The Bertz CT molecular complexity index is 1100. The molecule has 0 saturated heterocycles. The molecule has 3 aliphatic rings. The van der Waals surface area contributed by atoms with Crippen LogP contribution in [0.15, 0.2) is 24.3 Å². The number of benzene rings is 1. The quantitative estimate of drug-likeness (QED) is 0.742. The van der Waals surface area contributed by atoms with Crippen molar-refractivity contribution in [3.63, 3.8) is 0 Å². The molecule has 1 saturated carbocycles. The van der Waals surface area contributed by atoms with E-state index in [1.165, 1.54) is 4.68 Å². The van der Waals surface area contributed by atoms with Crippen LogP contribution in [-0.4, -0.2) is 38.0 Å². The molecule has 2 N–H and O–H groups in total. The van der Waals surface area contributed by atoms with E-state index in [1.54, 1.807) is 6.07 Å². The number of fused-ring (bicyclic) bond motifs is 1. The van der Waals surface area contributed by atoms with E-state index in [-0.39, 0.29) is 11.8 Å². The van der Waals surface area contributed by atoms with E-state index >= 15 is 0 Å². The number of carboxylic acids is 1. The molecule has 0 radical (unpaired) electrons. The molecule has 31 heavy (non-hydrogen) atoms. The normalized spacial score (nSPS) is 23.2. The zero-order valence-electron chi connectivity index (χ0n) is 17.2. The van der Waals surface area contributed by atoms with Crippen LogP contribution in [0.4, 0.5) is 0 Å². The van der Waals surface area contributed by atoms with Gasteiger partial charge in [0, 0.05) is 12.0 Å². The summed E-state index contributed by atoms with van der Waals surface area (Å²) in [6.45, 7) is 0. The van der Waals surface area contributed by atoms with Gasteiger partial charge >= 0.3 is 5.97 Å². The first-order valence-electron chi connectivity index (χ1n) is 11.0. The molecule has 0 bridgehead atoms. The summed E-state index contributed by atoms with van der Waals surface area (Å²) in [7, 11) is 0. The molecule has 162 valence electrons. The summed E-state index contributed by atoms with van der Waals surface area (Å²) < 4.78 is 1.45. The molecule has 2 atom stereocenters. The van der Waals surface area contributed by atoms with Crippen molar-refractivity contribution in [2.24, 2.45) is 5.92 Å². The number of allylic oxidation sites excluding steroid dienone is 2. The van der Waals surface area contributed by atoms with Crippen molar-refractivity contribution in [1.29, 1.82) is 0 Å². The molecule has 0 amide bonds. The molecular formula is C24H25ClN2O4. The lowest BCUT2D eigenvalue weighted by Gasteiger charge is -2.21. The molecule has 1 unspecified atom stereocenters. The van der Waals surface area contributed by atoms with E-state index in [2.05, 4.69) is 0 Å². The van der Waals surface area contributed by atoms with Gasteiger partial charge in [-0.15, -0.1) is 0 Å². The van der Waals surface area contributed by atoms with Crippen LogP contribution in [0.3, 0.4) is 0 Å². The molecule has 0 aliphatic heterocycles. The number of aliphatic hydroxyl groups is 1. The number of aromatic nitrogens is 2. The maximum Gasteiger partial charge on any atom is 0.306 e. The van der Waals surface area contributed by atoms with Crippen molar-refractivity contribution >= 4 is 29.1 Å². The van der Waals surface area contributed by atoms with Crippen molar-refractivity contribution in [2.75, 3.05) is 0 Å². The van der Waals surface area contributed by atoms with E-state index in [1.807, 2.05) is 18.2 Å². The Kier molecular flexibility index (Phi) is 5.22. The van der Waals surface area contributed by atoms with Gasteiger partial charge in [-0.25, -0.2) is 0 Å². The van der Waals surface area contributed by atoms with Gasteiger partial charge in [0.1, 0.15) is 0 Å². The van der Waals surface area contributed by atoms with E-state index in [0.29, 0.717) is 55.0 Å². The molecule has 3 aliphatic carbocycles. The van der Waals surface area contributed by atoms with Crippen molar-refractivity contribution in [1.82, 2.24) is 9.78 Å². The number of hydrogen-bond acceptors (Lipinski definition) is 4. The maximum atomic E-state index is 13.7. The topological polar surface area (TPSA) is 92.4 Å². The highest BCUT2D eigenvalue weighted by atomic mass is 35.5. The lowest BCUT2D eigenvalue weighted by molar-refractivity contribution is -0.141. The van der Waals surface area contributed by atoms with Crippen LogP contribution >= 0.6 is 11.6 Å². The third-order valence-corrected chi connectivity index (χ3v) is 7.09. The summed E-state index contributed by atoms with van der Waals surface area (Å²) in [6, 6.07) is 5.59. The van der Waals surface area contributed by atoms with E-state index in [4.69, 9.17) is 16.7 Å². The van der Waals surface area contributed by atoms with Crippen molar-refractivity contribution in [3.8, 4) is 0 Å². The monoisotopic (exact) mass is 440 g/mol. The lowest BCUT2D eigenvalue weighted by atomic mass is 9.85. The number of carbonyl (C=O) groups excluding carboxylic acids is 1. The highest BCUT2D eigenvalue weighted by Crippen LogP contribution is 2.44. The molecule has 1 aromatic heterocycles. The zero-order chi connectivity index (χ0) is 21.7. The zero-order valence-corrected chi connectivity index (χ0v) is 17.9. The predicted octanol–water partition coefficient (Wildman–Crippen LogP) is 4.22. The highest BCUT2D eigenvalue weighted by molar-refractivity contribution is 6.34. The van der Waals surface area contributed by atoms with Crippen LogP contribution in [0, 0.1) is 5.92 Å². The third-order valence-electron chi connectivity index (χ3n) is 6.78.